The molecule has 0 aromatic heterocycles. The molecule has 1 N–H and O–H groups in total. The van der Waals surface area contributed by atoms with Gasteiger partial charge in [0.05, 0.1) is 13.2 Å². The number of rotatable bonds is 4. The van der Waals surface area contributed by atoms with Crippen LogP contribution in [0.25, 0.3) is 0 Å². The first-order valence-corrected chi connectivity index (χ1v) is 7.65. The highest BCUT2D eigenvalue weighted by molar-refractivity contribution is 9.10. The van der Waals surface area contributed by atoms with Crippen LogP contribution in [0.1, 0.15) is 24.2 Å². The highest BCUT2D eigenvalue weighted by atomic mass is 79.9. The number of ether oxygens (including phenoxy) is 1. The smallest absolute Gasteiger partial charge is 0.251 e. The first-order valence-electron chi connectivity index (χ1n) is 6.85. The molecular formula is C15H21BrN2O2. The van der Waals surface area contributed by atoms with E-state index in [4.69, 9.17) is 4.74 Å². The first-order chi connectivity index (χ1) is 9.49. The number of hydrogen-bond donors (Lipinski definition) is 1. The molecule has 5 heteroatoms. The van der Waals surface area contributed by atoms with Gasteiger partial charge in [-0.15, -0.1) is 0 Å². The molecule has 1 amide bonds. The van der Waals surface area contributed by atoms with Gasteiger partial charge in [-0.1, -0.05) is 22.0 Å². The van der Waals surface area contributed by atoms with E-state index in [-0.39, 0.29) is 11.4 Å². The third-order valence-corrected chi connectivity index (χ3v) is 4.13. The number of nitrogens with zero attached hydrogens (tertiary/aromatic N) is 1. The molecule has 20 heavy (non-hydrogen) atoms. The van der Waals surface area contributed by atoms with Gasteiger partial charge in [-0.3, -0.25) is 9.69 Å². The fraction of sp³-hybridized carbons (Fsp3) is 0.533. The van der Waals surface area contributed by atoms with Crippen LogP contribution in [-0.2, 0) is 4.74 Å². The van der Waals surface area contributed by atoms with Crippen molar-refractivity contribution in [2.75, 3.05) is 32.8 Å². The maximum absolute atomic E-state index is 12.2. The van der Waals surface area contributed by atoms with E-state index in [2.05, 4.69) is 40.0 Å². The molecule has 0 spiro atoms. The third-order valence-electron chi connectivity index (χ3n) is 3.64. The molecule has 0 atom stereocenters. The number of nitrogens with one attached hydrogen (secondary N) is 1. The normalized spacial score (nSPS) is 16.9. The van der Waals surface area contributed by atoms with E-state index in [1.54, 1.807) is 0 Å². The van der Waals surface area contributed by atoms with Gasteiger partial charge in [-0.25, -0.2) is 0 Å². The minimum atomic E-state index is -0.0640. The van der Waals surface area contributed by atoms with E-state index < -0.39 is 0 Å². The van der Waals surface area contributed by atoms with Crippen LogP contribution >= 0.6 is 15.9 Å². The van der Waals surface area contributed by atoms with E-state index in [0.29, 0.717) is 12.1 Å². The number of carbonyl (C=O) groups excluding carboxylic acids is 1. The maximum atomic E-state index is 12.2. The summed E-state index contributed by atoms with van der Waals surface area (Å²) in [6, 6.07) is 7.43. The molecular weight excluding hydrogens is 320 g/mol. The zero-order chi connectivity index (χ0) is 14.6. The summed E-state index contributed by atoms with van der Waals surface area (Å²) >= 11 is 3.38. The molecule has 1 fully saturated rings. The lowest BCUT2D eigenvalue weighted by atomic mass is 10.0. The summed E-state index contributed by atoms with van der Waals surface area (Å²) in [6.07, 6.45) is 0. The van der Waals surface area contributed by atoms with E-state index in [1.165, 1.54) is 0 Å². The van der Waals surface area contributed by atoms with Crippen LogP contribution in [0, 0.1) is 0 Å². The van der Waals surface area contributed by atoms with Crippen molar-refractivity contribution in [3.8, 4) is 0 Å². The van der Waals surface area contributed by atoms with Crippen molar-refractivity contribution in [3.05, 3.63) is 34.3 Å². The lowest BCUT2D eigenvalue weighted by Crippen LogP contribution is -2.55. The predicted molar refractivity (Wildman–Crippen MR) is 82.9 cm³/mol. The Hall–Kier alpha value is -0.910. The van der Waals surface area contributed by atoms with Gasteiger partial charge in [0.15, 0.2) is 0 Å². The summed E-state index contributed by atoms with van der Waals surface area (Å²) < 4.78 is 6.28. The van der Waals surface area contributed by atoms with Crippen molar-refractivity contribution in [2.45, 2.75) is 19.4 Å². The molecule has 0 aliphatic carbocycles. The maximum Gasteiger partial charge on any atom is 0.251 e. The van der Waals surface area contributed by atoms with Crippen molar-refractivity contribution in [1.29, 1.82) is 0 Å². The molecule has 0 unspecified atom stereocenters. The van der Waals surface area contributed by atoms with Gasteiger partial charge < -0.3 is 10.1 Å². The molecule has 110 valence electrons. The molecule has 0 saturated carbocycles. The highest BCUT2D eigenvalue weighted by Crippen LogP contribution is 2.16. The van der Waals surface area contributed by atoms with Gasteiger partial charge >= 0.3 is 0 Å². The average Bonchev–Trinajstić information content (AvgIpc) is 2.46. The van der Waals surface area contributed by atoms with Crippen molar-refractivity contribution in [1.82, 2.24) is 10.2 Å². The van der Waals surface area contributed by atoms with Gasteiger partial charge in [0.25, 0.3) is 5.91 Å². The lowest BCUT2D eigenvalue weighted by molar-refractivity contribution is -0.00923. The number of halogens is 1. The molecule has 1 saturated heterocycles. The van der Waals surface area contributed by atoms with Gasteiger partial charge in [-0.05, 0) is 32.0 Å². The number of hydrogen-bond acceptors (Lipinski definition) is 3. The van der Waals surface area contributed by atoms with E-state index >= 15 is 0 Å². The molecule has 1 aromatic carbocycles. The van der Waals surface area contributed by atoms with Crippen LogP contribution in [-0.4, -0.2) is 49.2 Å². The second-order valence-electron chi connectivity index (χ2n) is 5.60. The zero-order valence-electron chi connectivity index (χ0n) is 12.0. The lowest BCUT2D eigenvalue weighted by Gasteiger charge is -2.40. The van der Waals surface area contributed by atoms with Crippen molar-refractivity contribution < 1.29 is 9.53 Å². The van der Waals surface area contributed by atoms with Gasteiger partial charge in [0.1, 0.15) is 0 Å². The third kappa shape index (κ3) is 4.04. The van der Waals surface area contributed by atoms with Crippen LogP contribution in [0.2, 0.25) is 0 Å². The molecule has 1 aliphatic heterocycles. The number of morpholine rings is 1. The topological polar surface area (TPSA) is 41.6 Å². The Morgan fingerprint density at radius 2 is 2.10 bits per heavy atom. The fourth-order valence-electron chi connectivity index (χ4n) is 2.31. The van der Waals surface area contributed by atoms with Crippen LogP contribution in [0.4, 0.5) is 0 Å². The van der Waals surface area contributed by atoms with Gasteiger partial charge in [0.2, 0.25) is 0 Å². The predicted octanol–water partition coefficient (Wildman–Crippen LogP) is 2.29. The van der Waals surface area contributed by atoms with Crippen LogP contribution in [0.15, 0.2) is 28.7 Å². The van der Waals surface area contributed by atoms with Crippen molar-refractivity contribution >= 4 is 21.8 Å². The average molecular weight is 341 g/mol. The van der Waals surface area contributed by atoms with Crippen LogP contribution < -0.4 is 5.32 Å². The van der Waals surface area contributed by atoms with Crippen molar-refractivity contribution in [2.24, 2.45) is 0 Å². The molecule has 4 nitrogen and oxygen atoms in total. The SMILES string of the molecule is CC(C)(CNC(=O)c1cccc(Br)c1)N1CCOCC1. The molecule has 1 heterocycles. The van der Waals surface area contributed by atoms with E-state index in [0.717, 1.165) is 30.8 Å². The minimum Gasteiger partial charge on any atom is -0.379 e. The Labute approximate surface area is 128 Å². The number of carbonyl (C=O) groups is 1. The van der Waals surface area contributed by atoms with Crippen LogP contribution in [0.3, 0.4) is 0 Å². The van der Waals surface area contributed by atoms with E-state index in [1.807, 2.05) is 24.3 Å². The molecule has 2 rings (SSSR count). The second kappa shape index (κ2) is 6.70. The molecule has 1 aliphatic rings. The fourth-order valence-corrected chi connectivity index (χ4v) is 2.71. The van der Waals surface area contributed by atoms with Gasteiger partial charge in [0, 0.05) is 35.2 Å². The zero-order valence-corrected chi connectivity index (χ0v) is 13.6. The van der Waals surface area contributed by atoms with Gasteiger partial charge in [-0.2, -0.15) is 0 Å². The molecule has 0 radical (unpaired) electrons. The Morgan fingerprint density at radius 3 is 2.75 bits per heavy atom. The Balaban J connectivity index is 1.91. The largest absolute Gasteiger partial charge is 0.379 e. The standard InChI is InChI=1S/C15H21BrN2O2/c1-15(2,18-6-8-20-9-7-18)11-17-14(19)12-4-3-5-13(16)10-12/h3-5,10H,6-9,11H2,1-2H3,(H,17,19). The Morgan fingerprint density at radius 1 is 1.40 bits per heavy atom. The summed E-state index contributed by atoms with van der Waals surface area (Å²) in [4.78, 5) is 14.5. The summed E-state index contributed by atoms with van der Waals surface area (Å²) in [5.41, 5.74) is 0.614. The summed E-state index contributed by atoms with van der Waals surface area (Å²) in [5.74, 6) is -0.0346. The van der Waals surface area contributed by atoms with Crippen molar-refractivity contribution in [3.63, 3.8) is 0 Å². The minimum absolute atomic E-state index is 0.0346. The second-order valence-corrected chi connectivity index (χ2v) is 6.52. The summed E-state index contributed by atoms with van der Waals surface area (Å²) in [7, 11) is 0. The Bertz CT molecular complexity index is 471. The summed E-state index contributed by atoms with van der Waals surface area (Å²) in [6.45, 7) is 8.29. The molecule has 0 bridgehead atoms. The quantitative estimate of drug-likeness (QED) is 0.914. The number of benzene rings is 1. The first kappa shape index (κ1) is 15.5. The number of amides is 1. The highest BCUT2D eigenvalue weighted by Gasteiger charge is 2.28. The molecule has 1 aromatic rings. The van der Waals surface area contributed by atoms with Crippen LogP contribution in [0.5, 0.6) is 0 Å². The Kier molecular flexibility index (Phi) is 5.18. The summed E-state index contributed by atoms with van der Waals surface area (Å²) in [5, 5.41) is 3.02. The van der Waals surface area contributed by atoms with E-state index in [9.17, 15) is 4.79 Å². The monoisotopic (exact) mass is 340 g/mol.